The van der Waals surface area contributed by atoms with Crippen LogP contribution in [0.4, 0.5) is 0 Å². The number of methoxy groups -OCH3 is 2. The molecule has 41 heavy (non-hydrogen) atoms. The van der Waals surface area contributed by atoms with Crippen LogP contribution in [-0.2, 0) is 17.6 Å². The van der Waals surface area contributed by atoms with E-state index in [2.05, 4.69) is 5.32 Å². The Morgan fingerprint density at radius 1 is 0.927 bits per heavy atom. The lowest BCUT2D eigenvalue weighted by Crippen LogP contribution is -2.31. The first-order valence-electron chi connectivity index (χ1n) is 14.4. The van der Waals surface area contributed by atoms with Gasteiger partial charge in [-0.05, 0) is 106 Å². The molecular weight excluding hydrogens is 530 g/mol. The summed E-state index contributed by atoms with van der Waals surface area (Å²) in [5, 5.41) is 54.3. The molecule has 10 heteroatoms. The fraction of sp³-hybridized carbons (Fsp3) is 0.613. The SMILES string of the molecule is CNCC1CCC(Oc2cc(CCC(CC(O)C(CO)Cc3cc(OC)c(O)c(OC)c3)OCO)ccc2O)CC1. The molecule has 10 nitrogen and oxygen atoms in total. The monoisotopic (exact) mass is 577 g/mol. The van der Waals surface area contributed by atoms with E-state index in [1.165, 1.54) is 14.2 Å². The number of ether oxygens (including phenoxy) is 4. The number of phenols is 2. The fourth-order valence-corrected chi connectivity index (χ4v) is 5.59. The molecule has 230 valence electrons. The van der Waals surface area contributed by atoms with E-state index < -0.39 is 24.9 Å². The van der Waals surface area contributed by atoms with Crippen LogP contribution in [0.5, 0.6) is 28.7 Å². The third-order valence-corrected chi connectivity index (χ3v) is 7.99. The predicted octanol–water partition coefficient (Wildman–Crippen LogP) is 3.14. The van der Waals surface area contributed by atoms with Gasteiger partial charge >= 0.3 is 0 Å². The summed E-state index contributed by atoms with van der Waals surface area (Å²) in [5.41, 5.74) is 1.67. The van der Waals surface area contributed by atoms with Crippen molar-refractivity contribution in [2.45, 2.75) is 69.7 Å². The average Bonchev–Trinajstić information content (AvgIpc) is 2.97. The van der Waals surface area contributed by atoms with Crippen molar-refractivity contribution in [3.63, 3.8) is 0 Å². The van der Waals surface area contributed by atoms with E-state index in [0.29, 0.717) is 30.9 Å². The second-order valence-electron chi connectivity index (χ2n) is 10.9. The normalized spacial score (nSPS) is 19.4. The van der Waals surface area contributed by atoms with Crippen molar-refractivity contribution in [2.75, 3.05) is 41.2 Å². The Morgan fingerprint density at radius 2 is 1.59 bits per heavy atom. The minimum atomic E-state index is -0.918. The van der Waals surface area contributed by atoms with Crippen LogP contribution in [0.2, 0.25) is 0 Å². The summed E-state index contributed by atoms with van der Waals surface area (Å²) >= 11 is 0. The van der Waals surface area contributed by atoms with Gasteiger partial charge in [0.2, 0.25) is 5.75 Å². The van der Waals surface area contributed by atoms with Gasteiger partial charge in [0, 0.05) is 12.5 Å². The number of aromatic hydroxyl groups is 2. The van der Waals surface area contributed by atoms with Crippen LogP contribution < -0.4 is 19.5 Å². The number of hydrogen-bond donors (Lipinski definition) is 6. The molecule has 0 aliphatic heterocycles. The lowest BCUT2D eigenvalue weighted by Gasteiger charge is -2.29. The zero-order chi connectivity index (χ0) is 29.8. The number of benzene rings is 2. The Kier molecular flexibility index (Phi) is 13.3. The number of hydrogen-bond acceptors (Lipinski definition) is 10. The van der Waals surface area contributed by atoms with E-state index in [0.717, 1.165) is 43.4 Å². The molecule has 0 radical (unpaired) electrons. The Bertz CT molecular complexity index is 1030. The van der Waals surface area contributed by atoms with E-state index in [4.69, 9.17) is 18.9 Å². The maximum absolute atomic E-state index is 11.0. The van der Waals surface area contributed by atoms with E-state index in [-0.39, 0.29) is 42.1 Å². The summed E-state index contributed by atoms with van der Waals surface area (Å²) in [6.07, 6.45) is 4.40. The van der Waals surface area contributed by atoms with Gasteiger partial charge in [-0.2, -0.15) is 0 Å². The van der Waals surface area contributed by atoms with Crippen LogP contribution in [-0.4, -0.2) is 85.1 Å². The van der Waals surface area contributed by atoms with Crippen LogP contribution in [0.25, 0.3) is 0 Å². The maximum Gasteiger partial charge on any atom is 0.200 e. The molecule has 2 aromatic carbocycles. The Balaban J connectivity index is 1.59. The lowest BCUT2D eigenvalue weighted by molar-refractivity contribution is -0.0765. The first-order valence-corrected chi connectivity index (χ1v) is 14.4. The molecule has 0 bridgehead atoms. The molecule has 0 heterocycles. The third kappa shape index (κ3) is 9.65. The van der Waals surface area contributed by atoms with Gasteiger partial charge in [-0.3, -0.25) is 0 Å². The van der Waals surface area contributed by atoms with Gasteiger partial charge in [-0.1, -0.05) is 6.07 Å². The number of nitrogens with one attached hydrogen (secondary N) is 1. The molecule has 0 saturated heterocycles. The molecule has 2 aromatic rings. The molecule has 3 atom stereocenters. The van der Waals surface area contributed by atoms with Crippen molar-refractivity contribution in [3.05, 3.63) is 41.5 Å². The smallest absolute Gasteiger partial charge is 0.200 e. The third-order valence-electron chi connectivity index (χ3n) is 7.99. The summed E-state index contributed by atoms with van der Waals surface area (Å²) in [7, 11) is 4.85. The molecule has 0 aromatic heterocycles. The molecular formula is C31H47NO9. The number of aryl methyl sites for hydroxylation is 1. The first kappa shape index (κ1) is 32.8. The number of rotatable bonds is 17. The van der Waals surface area contributed by atoms with Gasteiger partial charge < -0.3 is 49.8 Å². The Labute approximate surface area is 242 Å². The van der Waals surface area contributed by atoms with Crippen LogP contribution in [0.3, 0.4) is 0 Å². The molecule has 0 spiro atoms. The zero-order valence-corrected chi connectivity index (χ0v) is 24.4. The van der Waals surface area contributed by atoms with Crippen molar-refractivity contribution in [1.29, 1.82) is 0 Å². The zero-order valence-electron chi connectivity index (χ0n) is 24.4. The topological polar surface area (TPSA) is 150 Å². The van der Waals surface area contributed by atoms with Crippen molar-refractivity contribution >= 4 is 0 Å². The summed E-state index contributed by atoms with van der Waals surface area (Å²) in [5.74, 6) is 1.09. The highest BCUT2D eigenvalue weighted by Gasteiger charge is 2.26. The second-order valence-corrected chi connectivity index (χ2v) is 10.9. The average molecular weight is 578 g/mol. The highest BCUT2D eigenvalue weighted by Crippen LogP contribution is 2.38. The van der Waals surface area contributed by atoms with E-state index in [9.17, 15) is 25.5 Å². The Hall–Kier alpha value is -2.76. The highest BCUT2D eigenvalue weighted by molar-refractivity contribution is 5.52. The van der Waals surface area contributed by atoms with Gasteiger partial charge in [-0.25, -0.2) is 0 Å². The van der Waals surface area contributed by atoms with Crippen molar-refractivity contribution in [1.82, 2.24) is 5.32 Å². The van der Waals surface area contributed by atoms with E-state index in [1.807, 2.05) is 19.2 Å². The summed E-state index contributed by atoms with van der Waals surface area (Å²) in [6, 6.07) is 8.61. The quantitative estimate of drug-likeness (QED) is 0.155. The molecule has 1 saturated carbocycles. The number of aliphatic hydroxyl groups is 3. The van der Waals surface area contributed by atoms with Crippen LogP contribution in [0, 0.1) is 11.8 Å². The lowest BCUT2D eigenvalue weighted by atomic mass is 9.87. The van der Waals surface area contributed by atoms with Gasteiger partial charge in [0.25, 0.3) is 0 Å². The first-order chi connectivity index (χ1) is 19.8. The Morgan fingerprint density at radius 3 is 2.17 bits per heavy atom. The van der Waals surface area contributed by atoms with E-state index >= 15 is 0 Å². The number of phenolic OH excluding ortho intramolecular Hbond substituents is 2. The minimum Gasteiger partial charge on any atom is -0.504 e. The van der Waals surface area contributed by atoms with Gasteiger partial charge in [0.1, 0.15) is 6.79 Å². The van der Waals surface area contributed by atoms with Crippen LogP contribution >= 0.6 is 0 Å². The van der Waals surface area contributed by atoms with Crippen LogP contribution in [0.15, 0.2) is 30.3 Å². The van der Waals surface area contributed by atoms with E-state index in [1.54, 1.807) is 18.2 Å². The van der Waals surface area contributed by atoms with Crippen molar-refractivity contribution < 1.29 is 44.5 Å². The molecule has 3 unspecified atom stereocenters. The number of aliphatic hydroxyl groups excluding tert-OH is 3. The molecule has 1 aliphatic carbocycles. The van der Waals surface area contributed by atoms with Gasteiger partial charge in [0.15, 0.2) is 23.0 Å². The largest absolute Gasteiger partial charge is 0.504 e. The summed E-state index contributed by atoms with van der Waals surface area (Å²) in [6.45, 7) is 0.250. The maximum atomic E-state index is 11.0. The predicted molar refractivity (Wildman–Crippen MR) is 155 cm³/mol. The molecule has 6 N–H and O–H groups in total. The summed E-state index contributed by atoms with van der Waals surface area (Å²) < 4.78 is 22.1. The van der Waals surface area contributed by atoms with Gasteiger partial charge in [0.05, 0.1) is 32.5 Å². The molecule has 0 amide bonds. The second kappa shape index (κ2) is 16.6. The minimum absolute atomic E-state index is 0.0776. The summed E-state index contributed by atoms with van der Waals surface area (Å²) in [4.78, 5) is 0. The molecule has 1 fully saturated rings. The van der Waals surface area contributed by atoms with Gasteiger partial charge in [-0.15, -0.1) is 0 Å². The molecule has 3 rings (SSSR count). The van der Waals surface area contributed by atoms with Crippen molar-refractivity contribution in [3.8, 4) is 28.7 Å². The van der Waals surface area contributed by atoms with Crippen LogP contribution in [0.1, 0.15) is 49.7 Å². The highest BCUT2D eigenvalue weighted by atomic mass is 16.6. The van der Waals surface area contributed by atoms with Crippen molar-refractivity contribution in [2.24, 2.45) is 11.8 Å². The standard InChI is InChI=1S/C31H47NO9/c1-32-17-21-5-8-24(9-6-21)41-28-13-20(7-11-26(28)35)4-10-25(40-19-34)16-27(36)23(18-33)12-22-14-29(38-2)31(37)30(15-22)39-3/h7,11,13-15,21,23-25,27,32-37H,4-6,8-10,12,16-19H2,1-3H3. The fourth-order valence-electron chi connectivity index (χ4n) is 5.59. The molecule has 1 aliphatic rings.